The molecule has 0 atom stereocenters. The van der Waals surface area contributed by atoms with Crippen LogP contribution >= 0.6 is 11.6 Å². The van der Waals surface area contributed by atoms with Crippen molar-refractivity contribution in [3.8, 4) is 0 Å². The van der Waals surface area contributed by atoms with Crippen LogP contribution in [-0.2, 0) is 4.74 Å². The third kappa shape index (κ3) is 3.02. The smallest absolute Gasteiger partial charge is 0.270 e. The van der Waals surface area contributed by atoms with Crippen molar-refractivity contribution in [3.63, 3.8) is 0 Å². The second kappa shape index (κ2) is 5.14. The Morgan fingerprint density at radius 3 is 2.74 bits per heavy atom. The molecule has 19 heavy (non-hydrogen) atoms. The number of nitrogens with one attached hydrogen (secondary N) is 1. The molecule has 7 heteroatoms. The number of nitro benzene ring substituents is 1. The number of hydrogen-bond acceptors (Lipinski definition) is 4. The van der Waals surface area contributed by atoms with Crippen molar-refractivity contribution in [2.75, 3.05) is 19.8 Å². The molecule has 0 bridgehead atoms. The van der Waals surface area contributed by atoms with Gasteiger partial charge in [-0.2, -0.15) is 0 Å². The number of nitrogens with zero attached hydrogens (tertiary/aromatic N) is 1. The van der Waals surface area contributed by atoms with E-state index < -0.39 is 4.92 Å². The summed E-state index contributed by atoms with van der Waals surface area (Å²) in [5.74, 6) is -0.340. The maximum absolute atomic E-state index is 11.9. The van der Waals surface area contributed by atoms with Gasteiger partial charge in [0.25, 0.3) is 11.6 Å². The van der Waals surface area contributed by atoms with Crippen molar-refractivity contribution in [1.82, 2.24) is 5.32 Å². The minimum absolute atomic E-state index is 0.0388. The van der Waals surface area contributed by atoms with Gasteiger partial charge < -0.3 is 10.1 Å². The van der Waals surface area contributed by atoms with Crippen molar-refractivity contribution < 1.29 is 14.5 Å². The van der Waals surface area contributed by atoms with E-state index in [0.717, 1.165) is 0 Å². The third-order valence-electron chi connectivity index (χ3n) is 2.98. The van der Waals surface area contributed by atoms with Crippen LogP contribution in [0, 0.1) is 15.5 Å². The fourth-order valence-corrected chi connectivity index (χ4v) is 2.00. The second-order valence-electron chi connectivity index (χ2n) is 4.91. The topological polar surface area (TPSA) is 81.5 Å². The number of nitro groups is 1. The van der Waals surface area contributed by atoms with Crippen molar-refractivity contribution in [2.45, 2.75) is 6.92 Å². The van der Waals surface area contributed by atoms with Crippen molar-refractivity contribution in [2.24, 2.45) is 5.41 Å². The molecule has 1 saturated heterocycles. The summed E-state index contributed by atoms with van der Waals surface area (Å²) >= 11 is 5.88. The number of non-ortho nitro benzene ring substituents is 1. The van der Waals surface area contributed by atoms with Gasteiger partial charge in [0, 0.05) is 24.1 Å². The van der Waals surface area contributed by atoms with Crippen molar-refractivity contribution >= 4 is 23.2 Å². The summed E-state index contributed by atoms with van der Waals surface area (Å²) in [6.45, 7) is 3.72. The molecular weight excluding hydrogens is 272 g/mol. The largest absolute Gasteiger partial charge is 0.380 e. The van der Waals surface area contributed by atoms with Gasteiger partial charge in [0.1, 0.15) is 0 Å². The van der Waals surface area contributed by atoms with Gasteiger partial charge in [-0.25, -0.2) is 0 Å². The minimum atomic E-state index is -0.555. The molecule has 1 heterocycles. The number of carbonyl (C=O) groups is 1. The molecule has 0 aliphatic carbocycles. The van der Waals surface area contributed by atoms with Crippen LogP contribution < -0.4 is 5.32 Å². The molecule has 1 aliphatic rings. The molecule has 102 valence electrons. The molecule has 6 nitrogen and oxygen atoms in total. The van der Waals surface area contributed by atoms with Crippen molar-refractivity contribution in [3.05, 3.63) is 38.9 Å². The predicted octanol–water partition coefficient (Wildman–Crippen LogP) is 2.01. The van der Waals surface area contributed by atoms with Gasteiger partial charge in [-0.1, -0.05) is 18.5 Å². The van der Waals surface area contributed by atoms with Gasteiger partial charge in [-0.3, -0.25) is 14.9 Å². The Morgan fingerprint density at radius 1 is 1.58 bits per heavy atom. The Morgan fingerprint density at radius 2 is 2.26 bits per heavy atom. The normalized spacial score (nSPS) is 16.5. The maximum atomic E-state index is 11.9. The fraction of sp³-hybridized carbons (Fsp3) is 0.417. The lowest BCUT2D eigenvalue weighted by Crippen LogP contribution is -2.48. The SMILES string of the molecule is CC1(CNC(=O)c2ccc([N+](=O)[O-])cc2Cl)COC1. The highest BCUT2D eigenvalue weighted by atomic mass is 35.5. The standard InChI is InChI=1S/C12H13ClN2O4/c1-12(6-19-7-12)5-14-11(16)9-3-2-8(15(17)18)4-10(9)13/h2-4H,5-7H2,1H3,(H,14,16). The van der Waals surface area contributed by atoms with Crippen LogP contribution in [0.25, 0.3) is 0 Å². The quantitative estimate of drug-likeness (QED) is 0.677. The van der Waals surface area contributed by atoms with E-state index in [4.69, 9.17) is 16.3 Å². The molecule has 2 rings (SSSR count). The van der Waals surface area contributed by atoms with E-state index in [2.05, 4.69) is 5.32 Å². The molecule has 0 aromatic heterocycles. The van der Waals surface area contributed by atoms with Crippen LogP contribution in [-0.4, -0.2) is 30.6 Å². The highest BCUT2D eigenvalue weighted by Crippen LogP contribution is 2.26. The summed E-state index contributed by atoms with van der Waals surface area (Å²) < 4.78 is 5.09. The van der Waals surface area contributed by atoms with Gasteiger partial charge in [0.15, 0.2) is 0 Å². The second-order valence-corrected chi connectivity index (χ2v) is 5.31. The first-order valence-electron chi connectivity index (χ1n) is 5.71. The molecule has 0 radical (unpaired) electrons. The first kappa shape index (κ1) is 13.8. The van der Waals surface area contributed by atoms with Crippen LogP contribution in [0.2, 0.25) is 5.02 Å². The molecule has 1 aromatic rings. The van der Waals surface area contributed by atoms with Crippen LogP contribution in [0.5, 0.6) is 0 Å². The first-order valence-corrected chi connectivity index (χ1v) is 6.09. The number of amides is 1. The van der Waals surface area contributed by atoms with E-state index in [0.29, 0.717) is 19.8 Å². The Labute approximate surface area is 114 Å². The minimum Gasteiger partial charge on any atom is -0.380 e. The molecular formula is C12H13ClN2O4. The summed E-state index contributed by atoms with van der Waals surface area (Å²) in [4.78, 5) is 21.9. The highest BCUT2D eigenvalue weighted by molar-refractivity contribution is 6.34. The van der Waals surface area contributed by atoms with Crippen LogP contribution in [0.1, 0.15) is 17.3 Å². The number of carbonyl (C=O) groups excluding carboxylic acids is 1. The zero-order valence-electron chi connectivity index (χ0n) is 10.3. The maximum Gasteiger partial charge on any atom is 0.270 e. The summed E-state index contributed by atoms with van der Waals surface area (Å²) in [5.41, 5.74) is 0.0557. The number of hydrogen-bond donors (Lipinski definition) is 1. The van der Waals surface area contributed by atoms with E-state index in [-0.39, 0.29) is 27.6 Å². The van der Waals surface area contributed by atoms with Gasteiger partial charge >= 0.3 is 0 Å². The average molecular weight is 285 g/mol. The summed E-state index contributed by atoms with van der Waals surface area (Å²) in [5, 5.41) is 13.4. The molecule has 0 saturated carbocycles. The Kier molecular flexibility index (Phi) is 3.73. The Hall–Kier alpha value is -1.66. The zero-order chi connectivity index (χ0) is 14.0. The zero-order valence-corrected chi connectivity index (χ0v) is 11.1. The van der Waals surface area contributed by atoms with E-state index in [1.165, 1.54) is 18.2 Å². The number of ether oxygens (including phenoxy) is 1. The predicted molar refractivity (Wildman–Crippen MR) is 69.4 cm³/mol. The van der Waals surface area contributed by atoms with E-state index in [9.17, 15) is 14.9 Å². The molecule has 1 amide bonds. The fourth-order valence-electron chi connectivity index (χ4n) is 1.74. The summed E-state index contributed by atoms with van der Waals surface area (Å²) in [6.07, 6.45) is 0. The van der Waals surface area contributed by atoms with Crippen molar-refractivity contribution in [1.29, 1.82) is 0 Å². The van der Waals surface area contributed by atoms with E-state index in [1.807, 2.05) is 6.92 Å². The van der Waals surface area contributed by atoms with Crippen LogP contribution in [0.4, 0.5) is 5.69 Å². The number of rotatable bonds is 4. The van der Waals surface area contributed by atoms with E-state index >= 15 is 0 Å². The van der Waals surface area contributed by atoms with E-state index in [1.54, 1.807) is 0 Å². The molecule has 1 fully saturated rings. The lowest BCUT2D eigenvalue weighted by molar-refractivity contribution is -0.384. The van der Waals surface area contributed by atoms with Gasteiger partial charge in [-0.15, -0.1) is 0 Å². The number of halogens is 1. The molecule has 1 aromatic carbocycles. The third-order valence-corrected chi connectivity index (χ3v) is 3.30. The van der Waals surface area contributed by atoms with Crippen LogP contribution in [0.3, 0.4) is 0 Å². The summed E-state index contributed by atoms with van der Waals surface area (Å²) in [6, 6.07) is 3.79. The monoisotopic (exact) mass is 284 g/mol. The Bertz CT molecular complexity index is 528. The number of benzene rings is 1. The first-order chi connectivity index (χ1) is 8.91. The molecule has 0 unspecified atom stereocenters. The molecule has 0 spiro atoms. The van der Waals surface area contributed by atoms with Gasteiger partial charge in [0.05, 0.1) is 28.7 Å². The Balaban J connectivity index is 2.04. The lowest BCUT2D eigenvalue weighted by atomic mass is 9.88. The van der Waals surface area contributed by atoms with Gasteiger partial charge in [-0.05, 0) is 6.07 Å². The van der Waals surface area contributed by atoms with Crippen LogP contribution in [0.15, 0.2) is 18.2 Å². The average Bonchev–Trinajstić information content (AvgIpc) is 2.33. The van der Waals surface area contributed by atoms with Gasteiger partial charge in [0.2, 0.25) is 0 Å². The molecule has 1 aliphatic heterocycles. The molecule has 1 N–H and O–H groups in total. The highest BCUT2D eigenvalue weighted by Gasteiger charge is 2.33. The summed E-state index contributed by atoms with van der Waals surface area (Å²) in [7, 11) is 0. The lowest BCUT2D eigenvalue weighted by Gasteiger charge is -2.38.